The van der Waals surface area contributed by atoms with Crippen molar-refractivity contribution in [1.29, 1.82) is 0 Å². The minimum absolute atomic E-state index is 0.370. The third kappa shape index (κ3) is 3.00. The van der Waals surface area contributed by atoms with Crippen LogP contribution in [0.3, 0.4) is 0 Å². The van der Waals surface area contributed by atoms with Gasteiger partial charge in [-0.15, -0.1) is 0 Å². The summed E-state index contributed by atoms with van der Waals surface area (Å²) in [5.41, 5.74) is 16.7. The maximum Gasteiger partial charge on any atom is 0.0714 e. The van der Waals surface area contributed by atoms with E-state index in [2.05, 4.69) is 133 Å². The van der Waals surface area contributed by atoms with Crippen molar-refractivity contribution in [1.82, 2.24) is 0 Å². The van der Waals surface area contributed by atoms with Gasteiger partial charge in [0, 0.05) is 11.3 Å². The van der Waals surface area contributed by atoms with Crippen molar-refractivity contribution in [3.63, 3.8) is 0 Å². The van der Waals surface area contributed by atoms with Gasteiger partial charge in [-0.25, -0.2) is 0 Å². The highest BCUT2D eigenvalue weighted by molar-refractivity contribution is 5.93. The van der Waals surface area contributed by atoms with E-state index in [4.69, 9.17) is 5.73 Å². The molecule has 2 nitrogen and oxygen atoms in total. The Balaban J connectivity index is 1.75. The summed E-state index contributed by atoms with van der Waals surface area (Å²) in [6.07, 6.45) is 0. The molecule has 1 aliphatic rings. The van der Waals surface area contributed by atoms with Crippen LogP contribution in [0.4, 0.5) is 5.69 Å². The van der Waals surface area contributed by atoms with Gasteiger partial charge < -0.3 is 11.1 Å². The largest absolute Gasteiger partial charge is 0.372 e. The Bertz CT molecular complexity index is 1400. The molecule has 0 fully saturated rings. The lowest BCUT2D eigenvalue weighted by Gasteiger charge is -2.34. The number of hydrogen-bond acceptors (Lipinski definition) is 2. The van der Waals surface area contributed by atoms with Crippen molar-refractivity contribution in [3.05, 3.63) is 150 Å². The predicted molar refractivity (Wildman–Crippen MR) is 142 cm³/mol. The molecule has 2 heteroatoms. The number of fused-ring (bicyclic) bond motifs is 3. The van der Waals surface area contributed by atoms with Crippen LogP contribution in [-0.4, -0.2) is 6.67 Å². The van der Waals surface area contributed by atoms with Gasteiger partial charge in [0.2, 0.25) is 0 Å². The molecule has 5 aromatic rings. The smallest absolute Gasteiger partial charge is 0.0714 e. The number of benzene rings is 5. The first-order valence-corrected chi connectivity index (χ1v) is 11.7. The molecule has 0 heterocycles. The highest BCUT2D eigenvalue weighted by Gasteiger charge is 2.46. The fourth-order valence-electron chi connectivity index (χ4n) is 5.60. The molecule has 0 aromatic heterocycles. The van der Waals surface area contributed by atoms with E-state index in [-0.39, 0.29) is 0 Å². The minimum Gasteiger partial charge on any atom is -0.372 e. The van der Waals surface area contributed by atoms with E-state index in [1.165, 1.54) is 38.9 Å². The van der Waals surface area contributed by atoms with Crippen LogP contribution >= 0.6 is 0 Å². The molecule has 0 amide bonds. The molecule has 3 N–H and O–H groups in total. The second-order valence-electron chi connectivity index (χ2n) is 8.72. The molecule has 0 saturated carbocycles. The Hall–Kier alpha value is -4.14. The summed E-state index contributed by atoms with van der Waals surface area (Å²) < 4.78 is 0. The van der Waals surface area contributed by atoms with Crippen LogP contribution in [0.15, 0.2) is 127 Å². The molecule has 0 unspecified atom stereocenters. The lowest BCUT2D eigenvalue weighted by atomic mass is 9.67. The second-order valence-corrected chi connectivity index (χ2v) is 8.72. The van der Waals surface area contributed by atoms with Crippen LogP contribution in [0.25, 0.3) is 22.3 Å². The van der Waals surface area contributed by atoms with E-state index >= 15 is 0 Å². The number of nitrogens with two attached hydrogens (primary N) is 1. The molecule has 34 heavy (non-hydrogen) atoms. The fraction of sp³-hybridized carbons (Fsp3) is 0.0625. The maximum absolute atomic E-state index is 6.02. The van der Waals surface area contributed by atoms with E-state index in [1.54, 1.807) is 0 Å². The van der Waals surface area contributed by atoms with Crippen molar-refractivity contribution in [3.8, 4) is 22.3 Å². The molecule has 6 rings (SSSR count). The highest BCUT2D eigenvalue weighted by Crippen LogP contribution is 2.57. The third-order valence-corrected chi connectivity index (χ3v) is 6.97. The minimum atomic E-state index is -0.408. The number of nitrogens with one attached hydrogen (secondary N) is 1. The molecule has 0 bridgehead atoms. The van der Waals surface area contributed by atoms with E-state index in [0.717, 1.165) is 11.3 Å². The average molecular weight is 439 g/mol. The summed E-state index contributed by atoms with van der Waals surface area (Å²) in [7, 11) is 0. The van der Waals surface area contributed by atoms with E-state index in [9.17, 15) is 0 Å². The Labute approximate surface area is 200 Å². The predicted octanol–water partition coefficient (Wildman–Crippen LogP) is 7.04. The van der Waals surface area contributed by atoms with Crippen LogP contribution in [0, 0.1) is 0 Å². The van der Waals surface area contributed by atoms with Crippen LogP contribution in [0.5, 0.6) is 0 Å². The Kier molecular flexibility index (Phi) is 5.01. The third-order valence-electron chi connectivity index (χ3n) is 6.97. The molecule has 0 spiro atoms. The zero-order chi connectivity index (χ0) is 23.0. The molecular formula is C32H26N2. The molecule has 0 saturated heterocycles. The first-order chi connectivity index (χ1) is 16.8. The standard InChI is InChI=1S/C32H26N2/c33-22-34-31-21-30-28(20-27(31)23-12-4-1-5-13-23)26-18-10-11-19-29(26)32(30,24-14-6-2-7-15-24)25-16-8-3-9-17-25/h1-21,34H,22,33H2. The molecule has 0 radical (unpaired) electrons. The summed E-state index contributed by atoms with van der Waals surface area (Å²) in [5.74, 6) is 0. The van der Waals surface area contributed by atoms with Crippen LogP contribution in [-0.2, 0) is 5.41 Å². The quantitative estimate of drug-likeness (QED) is 0.283. The maximum atomic E-state index is 6.02. The van der Waals surface area contributed by atoms with Crippen molar-refractivity contribution < 1.29 is 0 Å². The monoisotopic (exact) mass is 438 g/mol. The van der Waals surface area contributed by atoms with E-state index in [1.807, 2.05) is 0 Å². The number of rotatable bonds is 5. The van der Waals surface area contributed by atoms with Crippen molar-refractivity contribution in [2.75, 3.05) is 12.0 Å². The summed E-state index contributed by atoms with van der Waals surface area (Å²) >= 11 is 0. The highest BCUT2D eigenvalue weighted by atomic mass is 15.0. The van der Waals surface area contributed by atoms with E-state index in [0.29, 0.717) is 6.67 Å². The summed E-state index contributed by atoms with van der Waals surface area (Å²) in [6.45, 7) is 0.370. The zero-order valence-electron chi connectivity index (χ0n) is 18.9. The first kappa shape index (κ1) is 20.5. The Morgan fingerprint density at radius 3 is 1.71 bits per heavy atom. The Morgan fingerprint density at radius 1 is 0.529 bits per heavy atom. The summed E-state index contributed by atoms with van der Waals surface area (Å²) in [5, 5.41) is 3.45. The Morgan fingerprint density at radius 2 is 1.09 bits per heavy atom. The van der Waals surface area contributed by atoms with Gasteiger partial charge in [-0.1, -0.05) is 115 Å². The van der Waals surface area contributed by atoms with Crippen LogP contribution in [0.2, 0.25) is 0 Å². The molecule has 0 atom stereocenters. The average Bonchev–Trinajstić information content (AvgIpc) is 3.20. The number of hydrogen-bond donors (Lipinski definition) is 2. The van der Waals surface area contributed by atoms with Gasteiger partial charge in [0.05, 0.1) is 12.1 Å². The van der Waals surface area contributed by atoms with Gasteiger partial charge in [-0.3, -0.25) is 0 Å². The van der Waals surface area contributed by atoms with Gasteiger partial charge in [0.25, 0.3) is 0 Å². The zero-order valence-corrected chi connectivity index (χ0v) is 18.9. The normalized spacial score (nSPS) is 13.2. The molecule has 164 valence electrons. The fourth-order valence-corrected chi connectivity index (χ4v) is 5.60. The number of anilines is 1. The molecule has 5 aromatic carbocycles. The van der Waals surface area contributed by atoms with Crippen LogP contribution in [0.1, 0.15) is 22.3 Å². The lowest BCUT2D eigenvalue weighted by molar-refractivity contribution is 0.768. The van der Waals surface area contributed by atoms with Crippen molar-refractivity contribution in [2.45, 2.75) is 5.41 Å². The van der Waals surface area contributed by atoms with Gasteiger partial charge in [0.15, 0.2) is 0 Å². The van der Waals surface area contributed by atoms with Gasteiger partial charge in [-0.2, -0.15) is 0 Å². The lowest BCUT2D eigenvalue weighted by Crippen LogP contribution is -2.28. The summed E-state index contributed by atoms with van der Waals surface area (Å²) in [6, 6.07) is 45.8. The van der Waals surface area contributed by atoms with Crippen molar-refractivity contribution in [2.24, 2.45) is 5.73 Å². The second kappa shape index (κ2) is 8.33. The SMILES string of the molecule is NCNc1cc2c(cc1-c1ccccc1)-c1ccccc1C2(c1ccccc1)c1ccccc1. The molecular weight excluding hydrogens is 412 g/mol. The van der Waals surface area contributed by atoms with Gasteiger partial charge in [-0.05, 0) is 51.1 Å². The van der Waals surface area contributed by atoms with Crippen molar-refractivity contribution >= 4 is 5.69 Å². The van der Waals surface area contributed by atoms with Crippen LogP contribution < -0.4 is 11.1 Å². The first-order valence-electron chi connectivity index (χ1n) is 11.7. The molecule has 0 aliphatic heterocycles. The van der Waals surface area contributed by atoms with E-state index < -0.39 is 5.41 Å². The van der Waals surface area contributed by atoms with Gasteiger partial charge >= 0.3 is 0 Å². The summed E-state index contributed by atoms with van der Waals surface area (Å²) in [4.78, 5) is 0. The van der Waals surface area contributed by atoms with Gasteiger partial charge in [0.1, 0.15) is 0 Å². The topological polar surface area (TPSA) is 38.0 Å². The molecule has 1 aliphatic carbocycles.